The number of hydrogen-bond donors (Lipinski definition) is 2. The van der Waals surface area contributed by atoms with Gasteiger partial charge in [-0.1, -0.05) is 19.8 Å². The summed E-state index contributed by atoms with van der Waals surface area (Å²) < 4.78 is 39.4. The lowest BCUT2D eigenvalue weighted by Gasteiger charge is -2.15. The molecule has 0 aliphatic rings. The second-order valence-corrected chi connectivity index (χ2v) is 6.77. The maximum Gasteiger partial charge on any atom is 0.321 e. The van der Waals surface area contributed by atoms with Gasteiger partial charge in [0.2, 0.25) is 10.0 Å². The molecule has 0 aliphatic carbocycles. The average Bonchev–Trinajstić information content (AvgIpc) is 2.33. The van der Waals surface area contributed by atoms with Crippen molar-refractivity contribution in [3.8, 4) is 0 Å². The Kier molecular flexibility index (Phi) is 6.09. The lowest BCUT2D eigenvalue weighted by molar-refractivity contribution is -0.139. The molecular formula is C12H15BrFNO4S. The molecule has 5 nitrogen and oxygen atoms in total. The molecule has 0 spiro atoms. The summed E-state index contributed by atoms with van der Waals surface area (Å²) in [6.45, 7) is 1.88. The first kappa shape index (κ1) is 17.1. The molecule has 0 bridgehead atoms. The Hall–Kier alpha value is -0.990. The van der Waals surface area contributed by atoms with Crippen molar-refractivity contribution >= 4 is 31.9 Å². The quantitative estimate of drug-likeness (QED) is 0.775. The van der Waals surface area contributed by atoms with E-state index < -0.39 is 27.9 Å². The van der Waals surface area contributed by atoms with Crippen molar-refractivity contribution in [2.45, 2.75) is 37.1 Å². The number of aliphatic carboxylic acids is 1. The molecule has 0 aromatic heterocycles. The van der Waals surface area contributed by atoms with Crippen molar-refractivity contribution in [3.63, 3.8) is 0 Å². The molecule has 0 saturated carbocycles. The second kappa shape index (κ2) is 7.14. The fourth-order valence-corrected chi connectivity index (χ4v) is 3.86. The van der Waals surface area contributed by atoms with Crippen molar-refractivity contribution in [3.05, 3.63) is 28.5 Å². The minimum atomic E-state index is -4.03. The van der Waals surface area contributed by atoms with Gasteiger partial charge in [0.25, 0.3) is 0 Å². The highest BCUT2D eigenvalue weighted by Gasteiger charge is 2.26. The number of benzene rings is 1. The third kappa shape index (κ3) is 4.53. The van der Waals surface area contributed by atoms with E-state index in [1.165, 1.54) is 0 Å². The normalized spacial score (nSPS) is 13.2. The largest absolute Gasteiger partial charge is 0.480 e. The third-order valence-electron chi connectivity index (χ3n) is 2.63. The van der Waals surface area contributed by atoms with E-state index in [0.29, 0.717) is 6.42 Å². The van der Waals surface area contributed by atoms with Gasteiger partial charge in [-0.15, -0.1) is 0 Å². The van der Waals surface area contributed by atoms with Gasteiger partial charge < -0.3 is 5.11 Å². The zero-order valence-electron chi connectivity index (χ0n) is 10.8. The molecule has 0 saturated heterocycles. The van der Waals surface area contributed by atoms with Gasteiger partial charge in [0.15, 0.2) is 0 Å². The number of halogens is 2. The van der Waals surface area contributed by atoms with Crippen molar-refractivity contribution in [1.29, 1.82) is 0 Å². The van der Waals surface area contributed by atoms with Crippen LogP contribution in [-0.4, -0.2) is 25.5 Å². The molecule has 8 heteroatoms. The maximum absolute atomic E-state index is 13.0. The highest BCUT2D eigenvalue weighted by atomic mass is 79.9. The first-order chi connectivity index (χ1) is 9.27. The minimum Gasteiger partial charge on any atom is -0.480 e. The van der Waals surface area contributed by atoms with E-state index in [4.69, 9.17) is 5.11 Å². The van der Waals surface area contributed by atoms with Gasteiger partial charge in [0.05, 0.1) is 4.90 Å². The number of sulfonamides is 1. The van der Waals surface area contributed by atoms with Crippen LogP contribution in [0.25, 0.3) is 0 Å². The molecule has 0 unspecified atom stereocenters. The Bertz CT molecular complexity index is 591. The Morgan fingerprint density at radius 3 is 2.65 bits per heavy atom. The average molecular weight is 368 g/mol. The van der Waals surface area contributed by atoms with E-state index in [1.54, 1.807) is 0 Å². The van der Waals surface area contributed by atoms with Crippen LogP contribution in [0, 0.1) is 5.82 Å². The summed E-state index contributed by atoms with van der Waals surface area (Å²) in [6.07, 6.45) is 1.54. The van der Waals surface area contributed by atoms with Gasteiger partial charge in [-0.05, 0) is 40.5 Å². The molecule has 20 heavy (non-hydrogen) atoms. The zero-order valence-corrected chi connectivity index (χ0v) is 13.2. The zero-order chi connectivity index (χ0) is 15.3. The predicted molar refractivity (Wildman–Crippen MR) is 75.4 cm³/mol. The number of carbonyl (C=O) groups is 1. The molecule has 0 aliphatic heterocycles. The van der Waals surface area contributed by atoms with Crippen LogP contribution in [0.3, 0.4) is 0 Å². The molecular weight excluding hydrogens is 353 g/mol. The van der Waals surface area contributed by atoms with Gasteiger partial charge in [0, 0.05) is 4.47 Å². The van der Waals surface area contributed by atoms with E-state index in [2.05, 4.69) is 20.7 Å². The molecule has 0 amide bonds. The van der Waals surface area contributed by atoms with Gasteiger partial charge in [0.1, 0.15) is 11.9 Å². The third-order valence-corrected chi connectivity index (χ3v) is 5.07. The number of rotatable bonds is 7. The standard InChI is InChI=1S/C12H15BrFNO4S/c1-2-3-4-10(12(16)17)15-20(18,19)11-6-5-8(14)7-9(11)13/h5-7,10,15H,2-4H2,1H3,(H,16,17)/t10-/m0/s1. The van der Waals surface area contributed by atoms with Gasteiger partial charge >= 0.3 is 5.97 Å². The Labute approximate surface area is 125 Å². The maximum atomic E-state index is 13.0. The molecule has 0 fully saturated rings. The van der Waals surface area contributed by atoms with Gasteiger partial charge in [-0.3, -0.25) is 4.79 Å². The van der Waals surface area contributed by atoms with Crippen LogP contribution in [0.1, 0.15) is 26.2 Å². The Balaban J connectivity index is 3.00. The van der Waals surface area contributed by atoms with Crippen LogP contribution in [0.4, 0.5) is 4.39 Å². The van der Waals surface area contributed by atoms with Crippen molar-refractivity contribution in [2.75, 3.05) is 0 Å². The number of hydrogen-bond acceptors (Lipinski definition) is 3. The van der Waals surface area contributed by atoms with Crippen LogP contribution in [-0.2, 0) is 14.8 Å². The molecule has 1 rings (SSSR count). The molecule has 0 radical (unpaired) electrons. The van der Waals surface area contributed by atoms with E-state index >= 15 is 0 Å². The lowest BCUT2D eigenvalue weighted by atomic mass is 10.1. The summed E-state index contributed by atoms with van der Waals surface area (Å²) in [4.78, 5) is 10.9. The molecule has 2 N–H and O–H groups in total. The predicted octanol–water partition coefficient (Wildman–Crippen LogP) is 2.51. The first-order valence-corrected chi connectivity index (χ1v) is 8.25. The van der Waals surface area contributed by atoms with E-state index in [-0.39, 0.29) is 15.8 Å². The van der Waals surface area contributed by atoms with E-state index in [1.807, 2.05) is 6.92 Å². The van der Waals surface area contributed by atoms with Crippen LogP contribution in [0.2, 0.25) is 0 Å². The number of unbranched alkanes of at least 4 members (excludes halogenated alkanes) is 1. The summed E-state index contributed by atoms with van der Waals surface area (Å²) in [7, 11) is -4.03. The summed E-state index contributed by atoms with van der Waals surface area (Å²) in [5.41, 5.74) is 0. The van der Waals surface area contributed by atoms with Crippen molar-refractivity contribution in [2.24, 2.45) is 0 Å². The van der Waals surface area contributed by atoms with Crippen LogP contribution < -0.4 is 4.72 Å². The number of carboxylic acids is 1. The van der Waals surface area contributed by atoms with E-state index in [9.17, 15) is 17.6 Å². The van der Waals surface area contributed by atoms with Crippen molar-refractivity contribution < 1.29 is 22.7 Å². The molecule has 1 aromatic carbocycles. The van der Waals surface area contributed by atoms with Crippen LogP contribution in [0.15, 0.2) is 27.6 Å². The molecule has 112 valence electrons. The number of nitrogens with one attached hydrogen (secondary N) is 1. The minimum absolute atomic E-state index is 0.0460. The lowest BCUT2D eigenvalue weighted by Crippen LogP contribution is -2.40. The summed E-state index contributed by atoms with van der Waals surface area (Å²) in [5.74, 6) is -1.82. The molecule has 1 aromatic rings. The highest BCUT2D eigenvalue weighted by Crippen LogP contribution is 2.23. The second-order valence-electron chi connectivity index (χ2n) is 4.23. The van der Waals surface area contributed by atoms with Crippen molar-refractivity contribution in [1.82, 2.24) is 4.72 Å². The monoisotopic (exact) mass is 367 g/mol. The highest BCUT2D eigenvalue weighted by molar-refractivity contribution is 9.10. The summed E-state index contributed by atoms with van der Waals surface area (Å²) in [6, 6.07) is 1.90. The fourth-order valence-electron chi connectivity index (χ4n) is 1.58. The van der Waals surface area contributed by atoms with Gasteiger partial charge in [-0.25, -0.2) is 12.8 Å². The van der Waals surface area contributed by atoms with Crippen LogP contribution >= 0.6 is 15.9 Å². The van der Waals surface area contributed by atoms with Gasteiger partial charge in [-0.2, -0.15) is 4.72 Å². The topological polar surface area (TPSA) is 83.5 Å². The first-order valence-electron chi connectivity index (χ1n) is 5.98. The fraction of sp³-hybridized carbons (Fsp3) is 0.417. The molecule has 1 atom stereocenters. The summed E-state index contributed by atoms with van der Waals surface area (Å²) in [5, 5.41) is 9.02. The Morgan fingerprint density at radius 2 is 2.15 bits per heavy atom. The summed E-state index contributed by atoms with van der Waals surface area (Å²) >= 11 is 2.96. The molecule has 0 heterocycles. The Morgan fingerprint density at radius 1 is 1.50 bits per heavy atom. The smallest absolute Gasteiger partial charge is 0.321 e. The van der Waals surface area contributed by atoms with Crippen LogP contribution in [0.5, 0.6) is 0 Å². The number of carboxylic acid groups (broad SMARTS) is 1. The SMILES string of the molecule is CCCC[C@H](NS(=O)(=O)c1ccc(F)cc1Br)C(=O)O. The van der Waals surface area contributed by atoms with E-state index in [0.717, 1.165) is 24.6 Å².